The first kappa shape index (κ1) is 18.5. The van der Waals surface area contributed by atoms with Crippen LogP contribution in [0.4, 0.5) is 22.4 Å². The molecule has 1 fully saturated rings. The van der Waals surface area contributed by atoms with Crippen LogP contribution < -0.4 is 5.32 Å². The highest BCUT2D eigenvalue weighted by atomic mass is 19.4. The molecule has 1 heterocycles. The molecule has 4 nitrogen and oxygen atoms in total. The summed E-state index contributed by atoms with van der Waals surface area (Å²) in [6.45, 7) is 3.04. The van der Waals surface area contributed by atoms with Crippen LogP contribution in [0.15, 0.2) is 24.3 Å². The van der Waals surface area contributed by atoms with Crippen molar-refractivity contribution in [1.29, 1.82) is 0 Å². The Morgan fingerprint density at radius 3 is 2.67 bits per heavy atom. The van der Waals surface area contributed by atoms with Gasteiger partial charge >= 0.3 is 12.2 Å². The van der Waals surface area contributed by atoms with Crippen LogP contribution in [0.2, 0.25) is 0 Å². The Bertz CT molecular complexity index is 548. The highest BCUT2D eigenvalue weighted by Gasteiger charge is 2.34. The molecular weight excluding hydrogens is 328 g/mol. The van der Waals surface area contributed by atoms with Crippen LogP contribution in [0.1, 0.15) is 31.4 Å². The topological polar surface area (TPSA) is 41.6 Å². The predicted molar refractivity (Wildman–Crippen MR) is 79.9 cm³/mol. The molecule has 1 aromatic carbocycles. The zero-order chi connectivity index (χ0) is 17.7. The number of ether oxygens (including phenoxy) is 1. The number of urea groups is 1. The maximum Gasteiger partial charge on any atom is 0.391 e. The molecule has 8 heteroatoms. The molecule has 1 saturated heterocycles. The zero-order valence-electron chi connectivity index (χ0n) is 13.3. The summed E-state index contributed by atoms with van der Waals surface area (Å²) in [7, 11) is 0. The molecule has 0 spiro atoms. The molecule has 2 rings (SSSR count). The fourth-order valence-corrected chi connectivity index (χ4v) is 2.60. The number of nitrogens with one attached hydrogen (secondary N) is 1. The van der Waals surface area contributed by atoms with Gasteiger partial charge in [-0.2, -0.15) is 13.2 Å². The van der Waals surface area contributed by atoms with Gasteiger partial charge in [-0.05, 0) is 31.0 Å². The minimum atomic E-state index is -4.46. The summed E-state index contributed by atoms with van der Waals surface area (Å²) in [6.07, 6.45) is -5.23. The summed E-state index contributed by atoms with van der Waals surface area (Å²) in [5.41, 5.74) is 0.209. The van der Waals surface area contributed by atoms with Crippen molar-refractivity contribution in [2.75, 3.05) is 19.7 Å². The van der Waals surface area contributed by atoms with E-state index < -0.39 is 30.5 Å². The third-order valence-electron chi connectivity index (χ3n) is 3.75. The van der Waals surface area contributed by atoms with Crippen molar-refractivity contribution in [1.82, 2.24) is 10.2 Å². The van der Waals surface area contributed by atoms with Crippen molar-refractivity contribution in [3.63, 3.8) is 0 Å². The molecule has 24 heavy (non-hydrogen) atoms. The minimum Gasteiger partial charge on any atom is -0.377 e. The lowest BCUT2D eigenvalue weighted by molar-refractivity contribution is -0.139. The van der Waals surface area contributed by atoms with E-state index in [1.165, 1.54) is 17.0 Å². The predicted octanol–water partition coefficient (Wildman–Crippen LogP) is 3.64. The van der Waals surface area contributed by atoms with Gasteiger partial charge in [-0.1, -0.05) is 12.1 Å². The van der Waals surface area contributed by atoms with Gasteiger partial charge < -0.3 is 15.0 Å². The molecule has 1 aromatic rings. The molecule has 1 aliphatic heterocycles. The average molecular weight is 348 g/mol. The SMILES string of the molecule is CC1CN(C(=O)NC(CC(F)(F)F)c2ccc(F)cc2)CCCO1. The van der Waals surface area contributed by atoms with E-state index in [0.717, 1.165) is 12.1 Å². The minimum absolute atomic E-state index is 0.176. The lowest BCUT2D eigenvalue weighted by Crippen LogP contribution is -2.45. The standard InChI is InChI=1S/C16H20F4N2O2/c1-11-10-22(7-2-8-24-11)15(23)21-14(9-16(18,19)20)12-3-5-13(17)6-4-12/h3-6,11,14H,2,7-10H2,1H3,(H,21,23). The van der Waals surface area contributed by atoms with Crippen LogP contribution >= 0.6 is 0 Å². The average Bonchev–Trinajstić information content (AvgIpc) is 2.70. The third kappa shape index (κ3) is 5.67. The first-order chi connectivity index (χ1) is 11.2. The molecule has 1 N–H and O–H groups in total. The summed E-state index contributed by atoms with van der Waals surface area (Å²) in [5.74, 6) is -0.547. The highest BCUT2D eigenvalue weighted by Crippen LogP contribution is 2.30. The first-order valence-electron chi connectivity index (χ1n) is 7.74. The number of amides is 2. The van der Waals surface area contributed by atoms with Crippen molar-refractivity contribution >= 4 is 6.03 Å². The summed E-state index contributed by atoms with van der Waals surface area (Å²) in [5, 5.41) is 2.42. The van der Waals surface area contributed by atoms with E-state index in [9.17, 15) is 22.4 Å². The Labute approximate surface area is 137 Å². The molecule has 2 unspecified atom stereocenters. The van der Waals surface area contributed by atoms with Gasteiger partial charge in [0, 0.05) is 19.7 Å². The number of hydrogen-bond donors (Lipinski definition) is 1. The van der Waals surface area contributed by atoms with E-state index >= 15 is 0 Å². The fraction of sp³-hybridized carbons (Fsp3) is 0.562. The van der Waals surface area contributed by atoms with Gasteiger partial charge in [0.15, 0.2) is 0 Å². The largest absolute Gasteiger partial charge is 0.391 e. The highest BCUT2D eigenvalue weighted by molar-refractivity contribution is 5.74. The second-order valence-electron chi connectivity index (χ2n) is 5.85. The maximum atomic E-state index is 13.0. The van der Waals surface area contributed by atoms with Gasteiger partial charge in [-0.3, -0.25) is 0 Å². The molecule has 0 saturated carbocycles. The van der Waals surface area contributed by atoms with E-state index in [2.05, 4.69) is 5.32 Å². The van der Waals surface area contributed by atoms with Gasteiger partial charge in [-0.15, -0.1) is 0 Å². The lowest BCUT2D eigenvalue weighted by atomic mass is 10.0. The molecule has 0 bridgehead atoms. The fourth-order valence-electron chi connectivity index (χ4n) is 2.60. The van der Waals surface area contributed by atoms with E-state index in [1.54, 1.807) is 6.92 Å². The number of nitrogens with zero attached hydrogens (tertiary/aromatic N) is 1. The first-order valence-corrected chi connectivity index (χ1v) is 7.74. The smallest absolute Gasteiger partial charge is 0.377 e. The number of carbonyl (C=O) groups excluding carboxylic acids is 1. The Balaban J connectivity index is 2.11. The third-order valence-corrected chi connectivity index (χ3v) is 3.75. The summed E-state index contributed by atoms with van der Waals surface area (Å²) in [6, 6.07) is 2.81. The molecule has 0 aliphatic carbocycles. The van der Waals surface area contributed by atoms with Gasteiger partial charge in [0.05, 0.1) is 18.6 Å². The summed E-state index contributed by atoms with van der Waals surface area (Å²) < 4.78 is 56.9. The van der Waals surface area contributed by atoms with Crippen LogP contribution in [0, 0.1) is 5.82 Å². The van der Waals surface area contributed by atoms with Crippen molar-refractivity contribution in [2.45, 2.75) is 38.1 Å². The Morgan fingerprint density at radius 1 is 1.38 bits per heavy atom. The van der Waals surface area contributed by atoms with E-state index in [1.807, 2.05) is 0 Å². The number of carbonyl (C=O) groups is 1. The molecule has 0 aromatic heterocycles. The molecule has 1 aliphatic rings. The Morgan fingerprint density at radius 2 is 2.04 bits per heavy atom. The number of halogens is 4. The number of rotatable bonds is 3. The zero-order valence-corrected chi connectivity index (χ0v) is 13.3. The molecule has 2 amide bonds. The van der Waals surface area contributed by atoms with Crippen LogP contribution in [-0.2, 0) is 4.74 Å². The van der Waals surface area contributed by atoms with Gasteiger partial charge in [0.1, 0.15) is 5.82 Å². The van der Waals surface area contributed by atoms with E-state index in [4.69, 9.17) is 4.74 Å². The second-order valence-corrected chi connectivity index (χ2v) is 5.85. The molecule has 134 valence electrons. The molecule has 0 radical (unpaired) electrons. The monoisotopic (exact) mass is 348 g/mol. The van der Waals surface area contributed by atoms with Crippen molar-refractivity contribution in [2.24, 2.45) is 0 Å². The van der Waals surface area contributed by atoms with Gasteiger partial charge in [0.25, 0.3) is 0 Å². The van der Waals surface area contributed by atoms with Gasteiger partial charge in [-0.25, -0.2) is 9.18 Å². The van der Waals surface area contributed by atoms with Crippen molar-refractivity contribution in [3.8, 4) is 0 Å². The van der Waals surface area contributed by atoms with Crippen molar-refractivity contribution in [3.05, 3.63) is 35.6 Å². The van der Waals surface area contributed by atoms with E-state index in [-0.39, 0.29) is 11.7 Å². The normalized spacial score (nSPS) is 20.4. The second kappa shape index (κ2) is 7.83. The molecule has 2 atom stereocenters. The number of hydrogen-bond acceptors (Lipinski definition) is 2. The lowest BCUT2D eigenvalue weighted by Gasteiger charge is -2.27. The summed E-state index contributed by atoms with van der Waals surface area (Å²) in [4.78, 5) is 13.8. The van der Waals surface area contributed by atoms with Gasteiger partial charge in [0.2, 0.25) is 0 Å². The van der Waals surface area contributed by atoms with Crippen LogP contribution in [0.3, 0.4) is 0 Å². The van der Waals surface area contributed by atoms with Crippen LogP contribution in [0.5, 0.6) is 0 Å². The van der Waals surface area contributed by atoms with Crippen LogP contribution in [0.25, 0.3) is 0 Å². The quantitative estimate of drug-likeness (QED) is 0.848. The number of alkyl halides is 3. The maximum absolute atomic E-state index is 13.0. The Hall–Kier alpha value is -1.83. The molecular formula is C16H20F4N2O2. The van der Waals surface area contributed by atoms with Crippen LogP contribution in [-0.4, -0.2) is 42.9 Å². The van der Waals surface area contributed by atoms with Crippen molar-refractivity contribution < 1.29 is 27.1 Å². The number of benzene rings is 1. The van der Waals surface area contributed by atoms with E-state index in [0.29, 0.717) is 26.1 Å². The summed E-state index contributed by atoms with van der Waals surface area (Å²) >= 11 is 0. The Kier molecular flexibility index (Phi) is 6.04.